The molecule has 2 unspecified atom stereocenters. The van der Waals surface area contributed by atoms with Gasteiger partial charge in [-0.05, 0) is 63.4 Å². The molecule has 2 aliphatic heterocycles. The van der Waals surface area contributed by atoms with Crippen molar-refractivity contribution in [3.05, 3.63) is 64.7 Å². The van der Waals surface area contributed by atoms with E-state index in [1.807, 2.05) is 36.1 Å². The molecule has 1 saturated heterocycles. The lowest BCUT2D eigenvalue weighted by Crippen LogP contribution is -2.49. The highest BCUT2D eigenvalue weighted by atomic mass is 16.5. The summed E-state index contributed by atoms with van der Waals surface area (Å²) in [6.45, 7) is 7.12. The summed E-state index contributed by atoms with van der Waals surface area (Å²) in [5, 5.41) is 6.46. The number of carbonyl (C=O) groups is 2. The van der Waals surface area contributed by atoms with E-state index in [0.717, 1.165) is 41.0 Å². The van der Waals surface area contributed by atoms with Crippen LogP contribution in [0, 0.1) is 13.8 Å². The summed E-state index contributed by atoms with van der Waals surface area (Å²) in [6.07, 6.45) is 3.24. The van der Waals surface area contributed by atoms with Gasteiger partial charge in [0.15, 0.2) is 0 Å². The second-order valence-electron chi connectivity index (χ2n) is 9.33. The van der Waals surface area contributed by atoms with Crippen LogP contribution in [0.1, 0.15) is 60.9 Å². The first-order valence-corrected chi connectivity index (χ1v) is 12.4. The van der Waals surface area contributed by atoms with E-state index in [1.54, 1.807) is 12.1 Å². The Labute approximate surface area is 207 Å². The molecule has 2 aromatic carbocycles. The minimum Gasteiger partial charge on any atom is -0.497 e. The maximum atomic E-state index is 13.7. The van der Waals surface area contributed by atoms with E-state index in [2.05, 4.69) is 32.0 Å². The smallest absolute Gasteiger partial charge is 0.323 e. The fourth-order valence-electron chi connectivity index (χ4n) is 5.08. The van der Waals surface area contributed by atoms with Gasteiger partial charge in [0, 0.05) is 12.0 Å². The number of nitrogens with zero attached hydrogens (tertiary/aromatic N) is 3. The number of hydrazone groups is 1. The van der Waals surface area contributed by atoms with Crippen LogP contribution in [-0.4, -0.2) is 60.3 Å². The predicted octanol–water partition coefficient (Wildman–Crippen LogP) is 4.41. The van der Waals surface area contributed by atoms with E-state index < -0.39 is 0 Å². The highest BCUT2D eigenvalue weighted by Crippen LogP contribution is 2.35. The number of piperidine rings is 1. The van der Waals surface area contributed by atoms with E-state index in [9.17, 15) is 9.59 Å². The average Bonchev–Trinajstić information content (AvgIpc) is 3.30. The van der Waals surface area contributed by atoms with Crippen molar-refractivity contribution in [1.29, 1.82) is 0 Å². The number of rotatable bonds is 7. The van der Waals surface area contributed by atoms with Gasteiger partial charge in [0.05, 0.1) is 32.0 Å². The van der Waals surface area contributed by atoms with Gasteiger partial charge in [-0.3, -0.25) is 14.5 Å². The summed E-state index contributed by atoms with van der Waals surface area (Å²) in [4.78, 5) is 28.2. The molecule has 0 aliphatic carbocycles. The lowest BCUT2D eigenvalue weighted by molar-refractivity contribution is -0.152. The Bertz CT molecular complexity index is 1110. The summed E-state index contributed by atoms with van der Waals surface area (Å²) in [7, 11) is 1.64. The van der Waals surface area contributed by atoms with Crippen LogP contribution in [0.2, 0.25) is 0 Å². The number of methoxy groups -OCH3 is 1. The minimum atomic E-state index is -0.381. The van der Waals surface area contributed by atoms with Gasteiger partial charge in [0.25, 0.3) is 5.91 Å². The largest absolute Gasteiger partial charge is 0.497 e. The molecule has 7 heteroatoms. The zero-order valence-corrected chi connectivity index (χ0v) is 21.1. The third-order valence-electron chi connectivity index (χ3n) is 6.85. The van der Waals surface area contributed by atoms with Crippen LogP contribution in [0.4, 0.5) is 0 Å². The molecule has 0 saturated carbocycles. The monoisotopic (exact) mass is 477 g/mol. The molecule has 1 fully saturated rings. The molecule has 4 rings (SSSR count). The van der Waals surface area contributed by atoms with Crippen LogP contribution in [0.15, 0.2) is 47.6 Å². The highest BCUT2D eigenvalue weighted by molar-refractivity contribution is 6.04. The van der Waals surface area contributed by atoms with Crippen molar-refractivity contribution in [2.75, 3.05) is 26.8 Å². The van der Waals surface area contributed by atoms with E-state index in [-0.39, 0.29) is 30.5 Å². The van der Waals surface area contributed by atoms with Crippen molar-refractivity contribution in [2.24, 2.45) is 5.10 Å². The van der Waals surface area contributed by atoms with E-state index in [0.29, 0.717) is 26.0 Å². The number of benzene rings is 2. The zero-order valence-electron chi connectivity index (χ0n) is 21.1. The van der Waals surface area contributed by atoms with Gasteiger partial charge in [-0.25, -0.2) is 5.01 Å². The van der Waals surface area contributed by atoms with Crippen molar-refractivity contribution in [1.82, 2.24) is 9.91 Å². The fourth-order valence-corrected chi connectivity index (χ4v) is 5.08. The Morgan fingerprint density at radius 3 is 2.69 bits per heavy atom. The van der Waals surface area contributed by atoms with Gasteiger partial charge >= 0.3 is 5.97 Å². The molecule has 186 valence electrons. The molecule has 0 radical (unpaired) electrons. The molecule has 7 nitrogen and oxygen atoms in total. The number of ether oxygens (including phenoxy) is 2. The number of esters is 1. The van der Waals surface area contributed by atoms with Crippen LogP contribution in [0.25, 0.3) is 0 Å². The number of amides is 1. The maximum absolute atomic E-state index is 13.7. The molecule has 2 aromatic rings. The quantitative estimate of drug-likeness (QED) is 0.553. The van der Waals surface area contributed by atoms with Gasteiger partial charge in [0.1, 0.15) is 11.8 Å². The standard InChI is InChI=1S/C28H35N3O4/c1-5-35-28(33)25-11-6-7-14-30(25)18-27(32)31-26(21-9-8-10-22(16-21)34-4)17-24(29-31)23-13-12-19(2)15-20(23)3/h8-10,12-13,15-16,25-26H,5-7,11,14,17-18H2,1-4H3. The maximum Gasteiger partial charge on any atom is 0.323 e. The first kappa shape index (κ1) is 24.9. The highest BCUT2D eigenvalue weighted by Gasteiger charge is 2.37. The lowest BCUT2D eigenvalue weighted by Gasteiger charge is -2.34. The molecule has 2 atom stereocenters. The summed E-state index contributed by atoms with van der Waals surface area (Å²) in [5.74, 6) is 0.382. The molecule has 0 spiro atoms. The molecule has 2 aliphatic rings. The molecule has 35 heavy (non-hydrogen) atoms. The molecule has 0 bridgehead atoms. The van der Waals surface area contributed by atoms with Crippen LogP contribution in [0.5, 0.6) is 5.75 Å². The Hall–Kier alpha value is -3.19. The number of carbonyl (C=O) groups excluding carboxylic acids is 2. The lowest BCUT2D eigenvalue weighted by atomic mass is 9.95. The van der Waals surface area contributed by atoms with E-state index in [4.69, 9.17) is 14.6 Å². The van der Waals surface area contributed by atoms with Crippen LogP contribution < -0.4 is 4.74 Å². The molecule has 1 amide bonds. The number of aryl methyl sites for hydroxylation is 2. The summed E-state index contributed by atoms with van der Waals surface area (Å²) < 4.78 is 10.7. The predicted molar refractivity (Wildman–Crippen MR) is 135 cm³/mol. The van der Waals surface area contributed by atoms with Crippen molar-refractivity contribution >= 4 is 17.6 Å². The molecule has 2 heterocycles. The second-order valence-corrected chi connectivity index (χ2v) is 9.33. The molecular weight excluding hydrogens is 442 g/mol. The molecule has 0 aromatic heterocycles. The van der Waals surface area contributed by atoms with Gasteiger partial charge < -0.3 is 9.47 Å². The summed E-state index contributed by atoms with van der Waals surface area (Å²) in [6, 6.07) is 13.5. The van der Waals surface area contributed by atoms with Crippen molar-refractivity contribution < 1.29 is 19.1 Å². The van der Waals surface area contributed by atoms with Gasteiger partial charge in [-0.15, -0.1) is 0 Å². The Kier molecular flexibility index (Phi) is 7.86. The molecule has 0 N–H and O–H groups in total. The van der Waals surface area contributed by atoms with Crippen LogP contribution >= 0.6 is 0 Å². The minimum absolute atomic E-state index is 0.117. The first-order chi connectivity index (χ1) is 16.9. The van der Waals surface area contributed by atoms with Gasteiger partial charge in [0.2, 0.25) is 0 Å². The van der Waals surface area contributed by atoms with Gasteiger partial charge in [-0.2, -0.15) is 5.10 Å². The summed E-state index contributed by atoms with van der Waals surface area (Å²) in [5.41, 5.74) is 5.25. The Morgan fingerprint density at radius 2 is 1.94 bits per heavy atom. The van der Waals surface area contributed by atoms with Crippen molar-refractivity contribution in [3.63, 3.8) is 0 Å². The van der Waals surface area contributed by atoms with Crippen molar-refractivity contribution in [3.8, 4) is 5.75 Å². The molecular formula is C28H35N3O4. The van der Waals surface area contributed by atoms with E-state index >= 15 is 0 Å². The Balaban J connectivity index is 1.63. The van der Waals surface area contributed by atoms with Crippen LogP contribution in [0.3, 0.4) is 0 Å². The Morgan fingerprint density at radius 1 is 1.11 bits per heavy atom. The normalized spacial score (nSPS) is 20.5. The first-order valence-electron chi connectivity index (χ1n) is 12.4. The SMILES string of the molecule is CCOC(=O)C1CCCCN1CC(=O)N1N=C(c2ccc(C)cc2C)CC1c1cccc(OC)c1. The average molecular weight is 478 g/mol. The number of hydrogen-bond acceptors (Lipinski definition) is 6. The number of likely N-dealkylation sites (tertiary alicyclic amines) is 1. The zero-order chi connectivity index (χ0) is 24.9. The van der Waals surface area contributed by atoms with Crippen molar-refractivity contribution in [2.45, 2.75) is 58.5 Å². The summed E-state index contributed by atoms with van der Waals surface area (Å²) >= 11 is 0. The number of hydrogen-bond donors (Lipinski definition) is 0. The third-order valence-corrected chi connectivity index (χ3v) is 6.85. The topological polar surface area (TPSA) is 71.4 Å². The fraction of sp³-hybridized carbons (Fsp3) is 0.464. The van der Waals surface area contributed by atoms with Crippen LogP contribution in [-0.2, 0) is 14.3 Å². The van der Waals surface area contributed by atoms with Gasteiger partial charge in [-0.1, -0.05) is 42.3 Å². The van der Waals surface area contributed by atoms with E-state index in [1.165, 1.54) is 5.56 Å². The third kappa shape index (κ3) is 5.56. The second kappa shape index (κ2) is 11.0.